The molecule has 3 rings (SSSR count). The van der Waals surface area contributed by atoms with Gasteiger partial charge in [0.2, 0.25) is 5.91 Å². The Kier molecular flexibility index (Phi) is 6.54. The highest BCUT2D eigenvalue weighted by Crippen LogP contribution is 2.29. The Balaban J connectivity index is 1.64. The fourth-order valence-electron chi connectivity index (χ4n) is 3.18. The minimum atomic E-state index is -0.628. The molecule has 1 fully saturated rings. The van der Waals surface area contributed by atoms with E-state index in [1.165, 1.54) is 16.9 Å². The Morgan fingerprint density at radius 3 is 2.88 bits per heavy atom. The number of carbonyl (C=O) groups is 1. The van der Waals surface area contributed by atoms with Crippen molar-refractivity contribution in [1.29, 1.82) is 0 Å². The molecule has 2 N–H and O–H groups in total. The van der Waals surface area contributed by atoms with E-state index in [9.17, 15) is 4.79 Å². The van der Waals surface area contributed by atoms with E-state index in [-0.39, 0.29) is 5.91 Å². The van der Waals surface area contributed by atoms with Crippen molar-refractivity contribution in [2.75, 3.05) is 38.7 Å². The van der Waals surface area contributed by atoms with E-state index in [2.05, 4.69) is 31.6 Å². The van der Waals surface area contributed by atoms with Gasteiger partial charge < -0.3 is 15.4 Å². The number of hydrogen-bond donors (Lipinski definition) is 2. The SMILES string of the molecule is COCCNC(=O)C1(Nc2nccs2)CCN(Cc2cccnc2)CC1. The maximum absolute atomic E-state index is 12.9. The Morgan fingerprint density at radius 1 is 1.38 bits per heavy atom. The van der Waals surface area contributed by atoms with Gasteiger partial charge in [0, 0.05) is 57.3 Å². The summed E-state index contributed by atoms with van der Waals surface area (Å²) in [6.07, 6.45) is 6.89. The highest BCUT2D eigenvalue weighted by atomic mass is 32.1. The number of aromatic nitrogens is 2. The summed E-state index contributed by atoms with van der Waals surface area (Å²) in [6.45, 7) is 3.55. The Morgan fingerprint density at radius 2 is 2.23 bits per heavy atom. The number of ether oxygens (including phenoxy) is 1. The van der Waals surface area contributed by atoms with Crippen molar-refractivity contribution in [1.82, 2.24) is 20.2 Å². The predicted molar refractivity (Wildman–Crippen MR) is 102 cm³/mol. The van der Waals surface area contributed by atoms with Crippen LogP contribution in [0.15, 0.2) is 36.1 Å². The molecule has 1 saturated heterocycles. The highest BCUT2D eigenvalue weighted by Gasteiger charge is 2.41. The molecular weight excluding hydrogens is 350 g/mol. The molecule has 0 radical (unpaired) electrons. The topological polar surface area (TPSA) is 79.4 Å². The molecule has 26 heavy (non-hydrogen) atoms. The first-order valence-corrected chi connectivity index (χ1v) is 9.66. The van der Waals surface area contributed by atoms with Crippen LogP contribution in [0.2, 0.25) is 0 Å². The number of likely N-dealkylation sites (tertiary alicyclic amines) is 1. The van der Waals surface area contributed by atoms with Gasteiger partial charge in [0.15, 0.2) is 5.13 Å². The summed E-state index contributed by atoms with van der Waals surface area (Å²) in [5, 5.41) is 9.09. The quantitative estimate of drug-likeness (QED) is 0.685. The molecule has 0 aromatic carbocycles. The van der Waals surface area contributed by atoms with Gasteiger partial charge in [-0.1, -0.05) is 6.07 Å². The van der Waals surface area contributed by atoms with E-state index in [4.69, 9.17) is 4.74 Å². The Hall–Kier alpha value is -2.03. The maximum atomic E-state index is 12.9. The largest absolute Gasteiger partial charge is 0.383 e. The first kappa shape index (κ1) is 18.8. The number of hydrogen-bond acceptors (Lipinski definition) is 7. The fourth-order valence-corrected chi connectivity index (χ4v) is 3.80. The van der Waals surface area contributed by atoms with Gasteiger partial charge >= 0.3 is 0 Å². The fraction of sp³-hybridized carbons (Fsp3) is 0.500. The Labute approximate surface area is 157 Å². The third-order valence-electron chi connectivity index (χ3n) is 4.64. The van der Waals surface area contributed by atoms with E-state index in [1.807, 2.05) is 17.6 Å². The summed E-state index contributed by atoms with van der Waals surface area (Å²) in [6, 6.07) is 4.04. The van der Waals surface area contributed by atoms with Crippen molar-refractivity contribution in [2.45, 2.75) is 24.9 Å². The minimum Gasteiger partial charge on any atom is -0.383 e. The summed E-state index contributed by atoms with van der Waals surface area (Å²) < 4.78 is 5.04. The second-order valence-electron chi connectivity index (χ2n) is 6.43. The van der Waals surface area contributed by atoms with Gasteiger partial charge in [-0.05, 0) is 24.5 Å². The average molecular weight is 375 g/mol. The van der Waals surface area contributed by atoms with Crippen molar-refractivity contribution < 1.29 is 9.53 Å². The number of nitrogens with one attached hydrogen (secondary N) is 2. The van der Waals surface area contributed by atoms with E-state index >= 15 is 0 Å². The number of methoxy groups -OCH3 is 1. The standard InChI is InChI=1S/C18H25N5O2S/c1-25-11-7-20-16(24)18(22-17-21-8-12-26-17)4-9-23(10-5-18)14-15-3-2-6-19-13-15/h2-3,6,8,12-13H,4-5,7,9-11,14H2,1H3,(H,20,24)(H,21,22). The van der Waals surface area contributed by atoms with Gasteiger partial charge in [0.05, 0.1) is 6.61 Å². The first-order chi connectivity index (χ1) is 12.7. The second-order valence-corrected chi connectivity index (χ2v) is 7.33. The molecule has 1 amide bonds. The molecule has 1 aliphatic heterocycles. The van der Waals surface area contributed by atoms with E-state index in [1.54, 1.807) is 19.5 Å². The second kappa shape index (κ2) is 9.07. The van der Waals surface area contributed by atoms with Crippen LogP contribution < -0.4 is 10.6 Å². The molecule has 2 aromatic rings. The summed E-state index contributed by atoms with van der Waals surface area (Å²) in [5.41, 5.74) is 0.564. The third-order valence-corrected chi connectivity index (χ3v) is 5.33. The monoisotopic (exact) mass is 375 g/mol. The van der Waals surface area contributed by atoms with Crippen LogP contribution >= 0.6 is 11.3 Å². The number of nitrogens with zero attached hydrogens (tertiary/aromatic N) is 3. The van der Waals surface area contributed by atoms with Crippen LogP contribution in [-0.2, 0) is 16.1 Å². The molecule has 0 bridgehead atoms. The number of carbonyl (C=O) groups excluding carboxylic acids is 1. The minimum absolute atomic E-state index is 0.0192. The molecule has 0 spiro atoms. The smallest absolute Gasteiger partial charge is 0.245 e. The van der Waals surface area contributed by atoms with Crippen LogP contribution in [0.4, 0.5) is 5.13 Å². The molecule has 2 aromatic heterocycles. The molecule has 1 aliphatic rings. The highest BCUT2D eigenvalue weighted by molar-refractivity contribution is 7.13. The van der Waals surface area contributed by atoms with Crippen LogP contribution in [0.5, 0.6) is 0 Å². The number of pyridine rings is 1. The summed E-state index contributed by atoms with van der Waals surface area (Å²) in [5.74, 6) is 0.0192. The van der Waals surface area contributed by atoms with Gasteiger partial charge in [-0.2, -0.15) is 0 Å². The van der Waals surface area contributed by atoms with Crippen LogP contribution in [0.1, 0.15) is 18.4 Å². The number of amides is 1. The van der Waals surface area contributed by atoms with Gasteiger partial charge in [-0.3, -0.25) is 14.7 Å². The number of thiazole rings is 1. The molecular formula is C18H25N5O2S. The van der Waals surface area contributed by atoms with Gasteiger partial charge in [-0.25, -0.2) is 4.98 Å². The maximum Gasteiger partial charge on any atom is 0.245 e. The van der Waals surface area contributed by atoms with Crippen LogP contribution in [-0.4, -0.2) is 59.7 Å². The normalized spacial score (nSPS) is 17.0. The molecule has 8 heteroatoms. The van der Waals surface area contributed by atoms with Crippen molar-refractivity contribution in [2.24, 2.45) is 0 Å². The van der Waals surface area contributed by atoms with Crippen molar-refractivity contribution in [3.05, 3.63) is 41.7 Å². The predicted octanol–water partition coefficient (Wildman–Crippen LogP) is 1.75. The molecule has 0 saturated carbocycles. The zero-order valence-electron chi connectivity index (χ0n) is 15.0. The van der Waals surface area contributed by atoms with E-state index in [0.717, 1.165) is 37.6 Å². The molecule has 140 valence electrons. The molecule has 0 unspecified atom stereocenters. The number of anilines is 1. The summed E-state index contributed by atoms with van der Waals surface area (Å²) in [4.78, 5) is 23.7. The zero-order valence-corrected chi connectivity index (χ0v) is 15.8. The van der Waals surface area contributed by atoms with Crippen LogP contribution in [0.3, 0.4) is 0 Å². The van der Waals surface area contributed by atoms with Crippen molar-refractivity contribution in [3.8, 4) is 0 Å². The molecule has 3 heterocycles. The van der Waals surface area contributed by atoms with Crippen molar-refractivity contribution in [3.63, 3.8) is 0 Å². The first-order valence-electron chi connectivity index (χ1n) is 8.78. The van der Waals surface area contributed by atoms with Gasteiger partial charge in [0.25, 0.3) is 0 Å². The summed E-state index contributed by atoms with van der Waals surface area (Å²) in [7, 11) is 1.63. The summed E-state index contributed by atoms with van der Waals surface area (Å²) >= 11 is 1.52. The van der Waals surface area contributed by atoms with E-state index < -0.39 is 5.54 Å². The van der Waals surface area contributed by atoms with Crippen molar-refractivity contribution >= 4 is 22.4 Å². The molecule has 7 nitrogen and oxygen atoms in total. The lowest BCUT2D eigenvalue weighted by Crippen LogP contribution is -2.58. The molecule has 0 aliphatic carbocycles. The molecule has 0 atom stereocenters. The van der Waals surface area contributed by atoms with E-state index in [0.29, 0.717) is 13.2 Å². The number of rotatable bonds is 8. The van der Waals surface area contributed by atoms with Crippen LogP contribution in [0, 0.1) is 0 Å². The number of piperidine rings is 1. The van der Waals surface area contributed by atoms with Gasteiger partial charge in [-0.15, -0.1) is 11.3 Å². The third kappa shape index (κ3) is 4.78. The lowest BCUT2D eigenvalue weighted by Gasteiger charge is -2.41. The lowest BCUT2D eigenvalue weighted by molar-refractivity contribution is -0.127. The Bertz CT molecular complexity index is 672. The zero-order chi connectivity index (χ0) is 18.2. The van der Waals surface area contributed by atoms with Crippen LogP contribution in [0.25, 0.3) is 0 Å². The van der Waals surface area contributed by atoms with Gasteiger partial charge in [0.1, 0.15) is 5.54 Å². The lowest BCUT2D eigenvalue weighted by atomic mass is 9.86. The average Bonchev–Trinajstić information content (AvgIpc) is 3.17.